The molecule has 2 aromatic carbocycles. The smallest absolute Gasteiger partial charge is 0.257 e. The van der Waals surface area contributed by atoms with Crippen LogP contribution in [0.1, 0.15) is 41.0 Å². The second-order valence-corrected chi connectivity index (χ2v) is 6.28. The van der Waals surface area contributed by atoms with Crippen molar-refractivity contribution in [1.82, 2.24) is 5.32 Å². The SMILES string of the molecule is CCC(C)NC(=O)c1ccc(NC(=O)c2ccc(Cl)cc2Cl)cc1. The third-order valence-corrected chi connectivity index (χ3v) is 4.12. The van der Waals surface area contributed by atoms with Gasteiger partial charge >= 0.3 is 0 Å². The van der Waals surface area contributed by atoms with Crippen LogP contribution in [-0.4, -0.2) is 17.9 Å². The molecule has 1 unspecified atom stereocenters. The summed E-state index contributed by atoms with van der Waals surface area (Å²) in [6.07, 6.45) is 0.863. The summed E-state index contributed by atoms with van der Waals surface area (Å²) in [5, 5.41) is 6.37. The highest BCUT2D eigenvalue weighted by atomic mass is 35.5. The fraction of sp³-hybridized carbons (Fsp3) is 0.222. The Bertz CT molecular complexity index is 745. The molecule has 2 amide bonds. The summed E-state index contributed by atoms with van der Waals surface area (Å²) < 4.78 is 0. The zero-order valence-electron chi connectivity index (χ0n) is 13.4. The lowest BCUT2D eigenvalue weighted by atomic mass is 10.1. The van der Waals surface area contributed by atoms with Gasteiger partial charge in [-0.25, -0.2) is 0 Å². The monoisotopic (exact) mass is 364 g/mol. The van der Waals surface area contributed by atoms with Gasteiger partial charge in [-0.1, -0.05) is 30.1 Å². The number of rotatable bonds is 5. The Hall–Kier alpha value is -2.04. The molecule has 0 aliphatic heterocycles. The van der Waals surface area contributed by atoms with Crippen LogP contribution in [0.25, 0.3) is 0 Å². The molecule has 0 saturated heterocycles. The minimum atomic E-state index is -0.339. The van der Waals surface area contributed by atoms with E-state index in [9.17, 15) is 9.59 Å². The molecule has 24 heavy (non-hydrogen) atoms. The van der Waals surface area contributed by atoms with Crippen molar-refractivity contribution in [3.8, 4) is 0 Å². The van der Waals surface area contributed by atoms with Gasteiger partial charge < -0.3 is 10.6 Å². The highest BCUT2D eigenvalue weighted by Gasteiger charge is 2.12. The van der Waals surface area contributed by atoms with E-state index >= 15 is 0 Å². The first-order chi connectivity index (χ1) is 11.4. The molecule has 1 atom stereocenters. The first kappa shape index (κ1) is 18.3. The van der Waals surface area contributed by atoms with Crippen molar-refractivity contribution in [1.29, 1.82) is 0 Å². The standard InChI is InChI=1S/C18H18Cl2N2O2/c1-3-11(2)21-17(23)12-4-7-14(8-5-12)22-18(24)15-9-6-13(19)10-16(15)20/h4-11H,3H2,1-2H3,(H,21,23)(H,22,24). The molecule has 6 heteroatoms. The summed E-state index contributed by atoms with van der Waals surface area (Å²) in [6, 6.07) is 11.5. The summed E-state index contributed by atoms with van der Waals surface area (Å²) >= 11 is 11.8. The van der Waals surface area contributed by atoms with Crippen LogP contribution in [0.15, 0.2) is 42.5 Å². The quantitative estimate of drug-likeness (QED) is 0.802. The van der Waals surface area contributed by atoms with Gasteiger partial charge in [0.25, 0.3) is 11.8 Å². The van der Waals surface area contributed by atoms with Crippen LogP contribution >= 0.6 is 23.2 Å². The second-order valence-electron chi connectivity index (χ2n) is 5.44. The van der Waals surface area contributed by atoms with Gasteiger partial charge in [0.1, 0.15) is 0 Å². The summed E-state index contributed by atoms with van der Waals surface area (Å²) in [7, 11) is 0. The Kier molecular flexibility index (Phi) is 6.23. The molecular formula is C18H18Cl2N2O2. The molecule has 0 aliphatic rings. The van der Waals surface area contributed by atoms with E-state index < -0.39 is 0 Å². The molecule has 0 saturated carbocycles. The fourth-order valence-electron chi connectivity index (χ4n) is 1.99. The van der Waals surface area contributed by atoms with Crippen LogP contribution in [-0.2, 0) is 0 Å². The van der Waals surface area contributed by atoms with Crippen LogP contribution in [0.4, 0.5) is 5.69 Å². The number of anilines is 1. The summed E-state index contributed by atoms with van der Waals surface area (Å²) in [5.41, 5.74) is 1.45. The van der Waals surface area contributed by atoms with Crippen molar-refractivity contribution in [3.05, 3.63) is 63.6 Å². The second kappa shape index (κ2) is 8.18. The Morgan fingerprint density at radius 1 is 1.04 bits per heavy atom. The molecule has 0 bridgehead atoms. The van der Waals surface area contributed by atoms with Crippen LogP contribution in [0.2, 0.25) is 10.0 Å². The largest absolute Gasteiger partial charge is 0.350 e. The Morgan fingerprint density at radius 3 is 2.29 bits per heavy atom. The topological polar surface area (TPSA) is 58.2 Å². The van der Waals surface area contributed by atoms with Gasteiger partial charge in [0.2, 0.25) is 0 Å². The van der Waals surface area contributed by atoms with E-state index in [0.29, 0.717) is 21.8 Å². The predicted molar refractivity (Wildman–Crippen MR) is 98.1 cm³/mol. The van der Waals surface area contributed by atoms with Crippen LogP contribution in [0.5, 0.6) is 0 Å². The Labute approximate surface area is 151 Å². The van der Waals surface area contributed by atoms with Gasteiger partial charge in [0.05, 0.1) is 10.6 Å². The Balaban J connectivity index is 2.06. The number of benzene rings is 2. The number of nitrogens with one attached hydrogen (secondary N) is 2. The molecule has 0 aliphatic carbocycles. The average Bonchev–Trinajstić information content (AvgIpc) is 2.55. The molecule has 0 heterocycles. The minimum Gasteiger partial charge on any atom is -0.350 e. The molecule has 0 fully saturated rings. The summed E-state index contributed by atoms with van der Waals surface area (Å²) in [6.45, 7) is 3.95. The van der Waals surface area contributed by atoms with E-state index in [4.69, 9.17) is 23.2 Å². The number of hydrogen-bond donors (Lipinski definition) is 2. The molecule has 2 aromatic rings. The van der Waals surface area contributed by atoms with Crippen molar-refractivity contribution in [3.63, 3.8) is 0 Å². The van der Waals surface area contributed by atoms with E-state index in [2.05, 4.69) is 10.6 Å². The van der Waals surface area contributed by atoms with E-state index in [0.717, 1.165) is 6.42 Å². The van der Waals surface area contributed by atoms with Crippen molar-refractivity contribution in [2.75, 3.05) is 5.32 Å². The Morgan fingerprint density at radius 2 is 1.71 bits per heavy atom. The van der Waals surface area contributed by atoms with Crippen LogP contribution in [0, 0.1) is 0 Å². The maximum Gasteiger partial charge on any atom is 0.257 e. The maximum atomic E-state index is 12.2. The number of carbonyl (C=O) groups excluding carboxylic acids is 2. The molecule has 2 rings (SSSR count). The van der Waals surface area contributed by atoms with E-state index in [-0.39, 0.29) is 22.9 Å². The van der Waals surface area contributed by atoms with E-state index in [1.165, 1.54) is 6.07 Å². The highest BCUT2D eigenvalue weighted by Crippen LogP contribution is 2.22. The van der Waals surface area contributed by atoms with Gasteiger partial charge in [0, 0.05) is 22.3 Å². The normalized spacial score (nSPS) is 11.7. The average molecular weight is 365 g/mol. The van der Waals surface area contributed by atoms with Crippen molar-refractivity contribution in [2.45, 2.75) is 26.3 Å². The lowest BCUT2D eigenvalue weighted by Gasteiger charge is -2.12. The molecule has 0 spiro atoms. The molecule has 0 aromatic heterocycles. The van der Waals surface area contributed by atoms with Gasteiger partial charge in [-0.2, -0.15) is 0 Å². The molecule has 2 N–H and O–H groups in total. The fourth-order valence-corrected chi connectivity index (χ4v) is 2.48. The van der Waals surface area contributed by atoms with Crippen LogP contribution < -0.4 is 10.6 Å². The first-order valence-corrected chi connectivity index (χ1v) is 8.33. The van der Waals surface area contributed by atoms with Crippen molar-refractivity contribution >= 4 is 40.7 Å². The van der Waals surface area contributed by atoms with Gasteiger partial charge in [-0.05, 0) is 55.8 Å². The third kappa shape index (κ3) is 4.73. The van der Waals surface area contributed by atoms with Gasteiger partial charge in [-0.3, -0.25) is 9.59 Å². The van der Waals surface area contributed by atoms with Crippen LogP contribution in [0.3, 0.4) is 0 Å². The number of hydrogen-bond acceptors (Lipinski definition) is 2. The third-order valence-electron chi connectivity index (χ3n) is 3.57. The molecular weight excluding hydrogens is 347 g/mol. The van der Waals surface area contributed by atoms with Crippen molar-refractivity contribution < 1.29 is 9.59 Å². The van der Waals surface area contributed by atoms with Gasteiger partial charge in [-0.15, -0.1) is 0 Å². The summed E-state index contributed by atoms with van der Waals surface area (Å²) in [5.74, 6) is -0.476. The lowest BCUT2D eigenvalue weighted by molar-refractivity contribution is 0.0938. The van der Waals surface area contributed by atoms with E-state index in [1.807, 2.05) is 13.8 Å². The molecule has 0 radical (unpaired) electrons. The number of amides is 2. The minimum absolute atomic E-state index is 0.115. The first-order valence-electron chi connectivity index (χ1n) is 7.58. The van der Waals surface area contributed by atoms with E-state index in [1.54, 1.807) is 36.4 Å². The number of halogens is 2. The predicted octanol–water partition coefficient (Wildman–Crippen LogP) is 4.77. The highest BCUT2D eigenvalue weighted by molar-refractivity contribution is 6.37. The molecule has 126 valence electrons. The maximum absolute atomic E-state index is 12.2. The summed E-state index contributed by atoms with van der Waals surface area (Å²) in [4.78, 5) is 24.2. The number of carbonyl (C=O) groups is 2. The lowest BCUT2D eigenvalue weighted by Crippen LogP contribution is -2.31. The van der Waals surface area contributed by atoms with Crippen molar-refractivity contribution in [2.24, 2.45) is 0 Å². The molecule has 4 nitrogen and oxygen atoms in total. The zero-order valence-corrected chi connectivity index (χ0v) is 14.9. The van der Waals surface area contributed by atoms with Gasteiger partial charge in [0.15, 0.2) is 0 Å². The zero-order chi connectivity index (χ0) is 17.7.